The zero-order chi connectivity index (χ0) is 18.3. The van der Waals surface area contributed by atoms with Crippen molar-refractivity contribution >= 4 is 22.8 Å². The Kier molecular flexibility index (Phi) is 3.57. The fourth-order valence-corrected chi connectivity index (χ4v) is 2.70. The van der Waals surface area contributed by atoms with Crippen LogP contribution < -0.4 is 5.73 Å². The Morgan fingerprint density at radius 1 is 1.23 bits per heavy atom. The Balaban J connectivity index is 1.84. The summed E-state index contributed by atoms with van der Waals surface area (Å²) in [5, 5.41) is 19.4. The number of para-hydroxylation sites is 1. The molecule has 1 aromatic carbocycles. The highest BCUT2D eigenvalue weighted by Gasteiger charge is 2.20. The van der Waals surface area contributed by atoms with E-state index in [2.05, 4.69) is 20.3 Å². The smallest absolute Gasteiger partial charge is 0.274 e. The minimum atomic E-state index is -0.436. The molecule has 4 aromatic rings. The van der Waals surface area contributed by atoms with E-state index in [0.29, 0.717) is 28.2 Å². The van der Waals surface area contributed by atoms with E-state index in [1.54, 1.807) is 30.3 Å². The van der Waals surface area contributed by atoms with Crippen molar-refractivity contribution in [3.8, 4) is 11.5 Å². The number of rotatable bonds is 4. The standard InChI is InChI=1S/C16H13N7O3/c1-9-6-7-12(26-9)13-14-15(19-16(17)18-13)22(21-20-14)8-10-4-2-3-5-11(10)23(24)25/h2-7H,8H2,1H3,(H2,17,18,19). The summed E-state index contributed by atoms with van der Waals surface area (Å²) in [6.07, 6.45) is 0. The summed E-state index contributed by atoms with van der Waals surface area (Å²) in [7, 11) is 0. The summed E-state index contributed by atoms with van der Waals surface area (Å²) in [4.78, 5) is 19.2. The molecule has 3 heterocycles. The molecule has 0 unspecified atom stereocenters. The van der Waals surface area contributed by atoms with Crippen molar-refractivity contribution in [2.24, 2.45) is 0 Å². The van der Waals surface area contributed by atoms with Crippen LogP contribution >= 0.6 is 0 Å². The van der Waals surface area contributed by atoms with Gasteiger partial charge in [-0.3, -0.25) is 10.1 Å². The molecule has 0 saturated carbocycles. The summed E-state index contributed by atoms with van der Waals surface area (Å²) in [5.74, 6) is 1.25. The monoisotopic (exact) mass is 351 g/mol. The molecule has 10 heteroatoms. The van der Waals surface area contributed by atoms with E-state index in [1.807, 2.05) is 6.92 Å². The maximum absolute atomic E-state index is 11.2. The van der Waals surface area contributed by atoms with Gasteiger partial charge in [0, 0.05) is 6.07 Å². The van der Waals surface area contributed by atoms with Crippen LogP contribution in [0.1, 0.15) is 11.3 Å². The summed E-state index contributed by atoms with van der Waals surface area (Å²) in [5.41, 5.74) is 7.52. The molecule has 0 spiro atoms. The molecule has 26 heavy (non-hydrogen) atoms. The van der Waals surface area contributed by atoms with Gasteiger partial charge in [0.05, 0.1) is 17.0 Å². The number of aromatic nitrogens is 5. The Morgan fingerprint density at radius 2 is 2.04 bits per heavy atom. The van der Waals surface area contributed by atoms with Gasteiger partial charge in [-0.25, -0.2) is 9.67 Å². The van der Waals surface area contributed by atoms with Crippen molar-refractivity contribution < 1.29 is 9.34 Å². The average molecular weight is 351 g/mol. The molecular weight excluding hydrogens is 338 g/mol. The first kappa shape index (κ1) is 15.7. The number of nitro benzene ring substituents is 1. The normalized spacial score (nSPS) is 11.1. The highest BCUT2D eigenvalue weighted by Crippen LogP contribution is 2.27. The number of benzene rings is 1. The van der Waals surface area contributed by atoms with Gasteiger partial charge in [-0.1, -0.05) is 23.4 Å². The molecule has 0 aliphatic rings. The predicted molar refractivity (Wildman–Crippen MR) is 92.2 cm³/mol. The molecule has 0 bridgehead atoms. The van der Waals surface area contributed by atoms with E-state index in [0.717, 1.165) is 5.76 Å². The van der Waals surface area contributed by atoms with Crippen LogP contribution in [0.25, 0.3) is 22.6 Å². The molecule has 4 rings (SSSR count). The van der Waals surface area contributed by atoms with Crippen LogP contribution in [0, 0.1) is 17.0 Å². The summed E-state index contributed by atoms with van der Waals surface area (Å²) < 4.78 is 7.05. The van der Waals surface area contributed by atoms with Crippen molar-refractivity contribution in [1.82, 2.24) is 25.0 Å². The quantitative estimate of drug-likeness (QED) is 0.436. The first-order valence-electron chi connectivity index (χ1n) is 7.69. The second-order valence-corrected chi connectivity index (χ2v) is 5.65. The molecule has 0 fully saturated rings. The van der Waals surface area contributed by atoms with Gasteiger partial charge in [0.25, 0.3) is 5.69 Å². The zero-order valence-electron chi connectivity index (χ0n) is 13.7. The van der Waals surface area contributed by atoms with Crippen molar-refractivity contribution in [3.63, 3.8) is 0 Å². The number of furan rings is 1. The SMILES string of the molecule is Cc1ccc(-c2nc(N)nc3c2nnn3Cc2ccccc2[N+](=O)[O-])o1. The molecule has 0 aliphatic heterocycles. The number of nitrogens with zero attached hydrogens (tertiary/aromatic N) is 6. The van der Waals surface area contributed by atoms with Gasteiger partial charge in [0.1, 0.15) is 11.5 Å². The highest BCUT2D eigenvalue weighted by molar-refractivity contribution is 5.86. The second kappa shape index (κ2) is 5.92. The van der Waals surface area contributed by atoms with Gasteiger partial charge >= 0.3 is 0 Å². The number of aryl methyl sites for hydroxylation is 1. The minimum Gasteiger partial charge on any atom is -0.460 e. The first-order valence-corrected chi connectivity index (χ1v) is 7.69. The van der Waals surface area contributed by atoms with E-state index < -0.39 is 4.92 Å². The Bertz CT molecular complexity index is 1130. The van der Waals surface area contributed by atoms with E-state index in [-0.39, 0.29) is 18.2 Å². The molecule has 2 N–H and O–H groups in total. The van der Waals surface area contributed by atoms with Crippen LogP contribution in [0.5, 0.6) is 0 Å². The van der Waals surface area contributed by atoms with Gasteiger partial charge in [-0.05, 0) is 19.1 Å². The van der Waals surface area contributed by atoms with Gasteiger partial charge < -0.3 is 10.2 Å². The number of nitro groups is 1. The van der Waals surface area contributed by atoms with Crippen molar-refractivity contribution in [3.05, 3.63) is 57.8 Å². The van der Waals surface area contributed by atoms with Crippen LogP contribution in [0.2, 0.25) is 0 Å². The Hall–Kier alpha value is -3.82. The number of hydrogen-bond acceptors (Lipinski definition) is 8. The lowest BCUT2D eigenvalue weighted by Gasteiger charge is -2.04. The lowest BCUT2D eigenvalue weighted by Crippen LogP contribution is -2.07. The number of nitrogen functional groups attached to an aromatic ring is 1. The maximum atomic E-state index is 11.2. The van der Waals surface area contributed by atoms with Crippen LogP contribution in [0.3, 0.4) is 0 Å². The topological polar surface area (TPSA) is 139 Å². The highest BCUT2D eigenvalue weighted by atomic mass is 16.6. The van der Waals surface area contributed by atoms with Crippen LogP contribution in [0.15, 0.2) is 40.8 Å². The number of hydrogen-bond donors (Lipinski definition) is 1. The average Bonchev–Trinajstić information content (AvgIpc) is 3.21. The fraction of sp³-hybridized carbons (Fsp3) is 0.125. The molecule has 130 valence electrons. The van der Waals surface area contributed by atoms with Crippen molar-refractivity contribution in [2.45, 2.75) is 13.5 Å². The van der Waals surface area contributed by atoms with Crippen LogP contribution in [-0.4, -0.2) is 29.9 Å². The summed E-state index contributed by atoms with van der Waals surface area (Å²) >= 11 is 0. The predicted octanol–water partition coefficient (Wildman–Crippen LogP) is 2.33. The maximum Gasteiger partial charge on any atom is 0.274 e. The lowest BCUT2D eigenvalue weighted by atomic mass is 10.2. The number of fused-ring (bicyclic) bond motifs is 1. The number of anilines is 1. The minimum absolute atomic E-state index is 0.0000564. The Labute approximate surface area is 146 Å². The summed E-state index contributed by atoms with van der Waals surface area (Å²) in [6, 6.07) is 10.00. The number of nitrogens with two attached hydrogens (primary N) is 1. The lowest BCUT2D eigenvalue weighted by molar-refractivity contribution is -0.385. The van der Waals surface area contributed by atoms with Gasteiger partial charge in [0.2, 0.25) is 5.95 Å². The summed E-state index contributed by atoms with van der Waals surface area (Å²) in [6.45, 7) is 1.94. The van der Waals surface area contributed by atoms with E-state index >= 15 is 0 Å². The van der Waals surface area contributed by atoms with Crippen LogP contribution in [0.4, 0.5) is 11.6 Å². The second-order valence-electron chi connectivity index (χ2n) is 5.65. The molecule has 0 radical (unpaired) electrons. The first-order chi connectivity index (χ1) is 12.5. The molecule has 0 amide bonds. The van der Waals surface area contributed by atoms with Gasteiger partial charge in [-0.2, -0.15) is 4.98 Å². The molecule has 10 nitrogen and oxygen atoms in total. The van der Waals surface area contributed by atoms with E-state index in [4.69, 9.17) is 10.2 Å². The zero-order valence-corrected chi connectivity index (χ0v) is 13.7. The molecule has 0 atom stereocenters. The molecule has 0 saturated heterocycles. The van der Waals surface area contributed by atoms with E-state index in [9.17, 15) is 10.1 Å². The molecule has 0 aliphatic carbocycles. The van der Waals surface area contributed by atoms with Crippen molar-refractivity contribution in [2.75, 3.05) is 5.73 Å². The third-order valence-electron chi connectivity index (χ3n) is 3.86. The third kappa shape index (κ3) is 2.62. The van der Waals surface area contributed by atoms with Gasteiger partial charge in [-0.15, -0.1) is 5.10 Å². The van der Waals surface area contributed by atoms with Gasteiger partial charge in [0.15, 0.2) is 16.9 Å². The van der Waals surface area contributed by atoms with E-state index in [1.165, 1.54) is 10.7 Å². The third-order valence-corrected chi connectivity index (χ3v) is 3.86. The largest absolute Gasteiger partial charge is 0.460 e. The molecule has 3 aromatic heterocycles. The molecular formula is C16H13N7O3. The fourth-order valence-electron chi connectivity index (χ4n) is 2.70. The van der Waals surface area contributed by atoms with Crippen molar-refractivity contribution in [1.29, 1.82) is 0 Å². The van der Waals surface area contributed by atoms with Crippen LogP contribution in [-0.2, 0) is 6.54 Å². The Morgan fingerprint density at radius 3 is 2.77 bits per heavy atom.